The normalized spacial score (nSPS) is 16.0. The molecule has 10 heteroatoms. The number of halogens is 1. The highest BCUT2D eigenvalue weighted by Gasteiger charge is 2.31. The minimum atomic E-state index is -0.979. The molecule has 0 radical (unpaired) electrons. The Morgan fingerprint density at radius 3 is 2.39 bits per heavy atom. The quantitative estimate of drug-likeness (QED) is 0.607. The van der Waals surface area contributed by atoms with E-state index in [4.69, 9.17) is 21.0 Å². The van der Waals surface area contributed by atoms with E-state index < -0.39 is 23.1 Å². The van der Waals surface area contributed by atoms with Crippen LogP contribution in [0.2, 0.25) is 0 Å². The topological polar surface area (TPSA) is 139 Å². The van der Waals surface area contributed by atoms with E-state index in [2.05, 4.69) is 5.48 Å². The second-order valence-electron chi connectivity index (χ2n) is 7.81. The molecule has 9 nitrogen and oxygen atoms in total. The molecule has 2 aliphatic heterocycles. The van der Waals surface area contributed by atoms with Crippen LogP contribution in [0.15, 0.2) is 47.5 Å². The Hall–Kier alpha value is -3.92. The average molecular weight is 454 g/mol. The molecule has 3 heterocycles. The summed E-state index contributed by atoms with van der Waals surface area (Å²) >= 11 is 0. The Morgan fingerprint density at radius 1 is 1.12 bits per heavy atom. The van der Waals surface area contributed by atoms with Gasteiger partial charge in [0, 0.05) is 19.8 Å². The second-order valence-corrected chi connectivity index (χ2v) is 7.81. The minimum absolute atomic E-state index is 0.0838. The smallest absolute Gasteiger partial charge is 0.266 e. The molecule has 0 aliphatic carbocycles. The maximum atomic E-state index is 13.6. The summed E-state index contributed by atoms with van der Waals surface area (Å²) in [5.41, 5.74) is 13.4. The lowest BCUT2D eigenvalue weighted by Gasteiger charge is -2.29. The molecular formula is C23H23FN4O5. The number of nitrogens with one attached hydrogen (secondary N) is 1. The molecule has 172 valence electrons. The zero-order valence-corrected chi connectivity index (χ0v) is 17.7. The summed E-state index contributed by atoms with van der Waals surface area (Å²) in [6.07, 6.45) is 5.95. The van der Waals surface area contributed by atoms with Gasteiger partial charge in [-0.05, 0) is 48.6 Å². The molecular weight excluding hydrogens is 431 g/mol. The average Bonchev–Trinajstić information content (AvgIpc) is 2.81. The number of hydroxylamine groups is 1. The summed E-state index contributed by atoms with van der Waals surface area (Å²) in [6, 6.07) is 5.02. The zero-order chi connectivity index (χ0) is 23.5. The third-order valence-electron chi connectivity index (χ3n) is 5.70. The number of carbonyl (C=O) groups is 2. The van der Waals surface area contributed by atoms with Crippen molar-refractivity contribution in [2.24, 2.45) is 17.4 Å². The molecule has 0 bridgehead atoms. The highest BCUT2D eigenvalue weighted by Crippen LogP contribution is 2.29. The van der Waals surface area contributed by atoms with Crippen molar-refractivity contribution in [3.05, 3.63) is 75.7 Å². The standard InChI is InChI=1S/C23H23FN4O5/c24-15-5-3-14(4-6-15)17-20(23(26)31)28(12-13-7-10-32-11-8-13)19(16-2-1-9-33-27-16)18(21(17)29)22(25)30/h1-6,9,13,27H,7-8,10-12H2,(H2,25,30)(H2,26,31). The van der Waals surface area contributed by atoms with E-state index in [-0.39, 0.29) is 46.2 Å². The van der Waals surface area contributed by atoms with Crippen molar-refractivity contribution in [1.82, 2.24) is 10.0 Å². The van der Waals surface area contributed by atoms with Crippen LogP contribution in [0.5, 0.6) is 0 Å². The van der Waals surface area contributed by atoms with Gasteiger partial charge in [-0.15, -0.1) is 0 Å². The summed E-state index contributed by atoms with van der Waals surface area (Å²) in [7, 11) is 0. The molecule has 4 rings (SSSR count). The second kappa shape index (κ2) is 9.29. The number of hydrogen-bond acceptors (Lipinski definition) is 6. The highest BCUT2D eigenvalue weighted by atomic mass is 19.1. The molecule has 2 aliphatic rings. The van der Waals surface area contributed by atoms with Gasteiger partial charge < -0.3 is 25.6 Å². The number of rotatable bonds is 6. The first-order valence-corrected chi connectivity index (χ1v) is 10.4. The van der Waals surface area contributed by atoms with Gasteiger partial charge in [0.15, 0.2) is 0 Å². The largest absolute Gasteiger partial charge is 0.390 e. The number of pyridine rings is 1. The van der Waals surface area contributed by atoms with Crippen molar-refractivity contribution in [3.63, 3.8) is 0 Å². The Balaban J connectivity index is 2.08. The molecule has 1 saturated heterocycles. The summed E-state index contributed by atoms with van der Waals surface area (Å²) in [5.74, 6) is -2.29. The number of primary amides is 2. The maximum absolute atomic E-state index is 13.6. The van der Waals surface area contributed by atoms with Gasteiger partial charge in [0.2, 0.25) is 5.43 Å². The van der Waals surface area contributed by atoms with Crippen molar-refractivity contribution in [1.29, 1.82) is 0 Å². The van der Waals surface area contributed by atoms with Crippen molar-refractivity contribution in [3.8, 4) is 11.1 Å². The first-order valence-electron chi connectivity index (χ1n) is 10.4. The van der Waals surface area contributed by atoms with Gasteiger partial charge in [0.1, 0.15) is 23.3 Å². The van der Waals surface area contributed by atoms with Crippen LogP contribution in [-0.4, -0.2) is 29.6 Å². The van der Waals surface area contributed by atoms with Crippen LogP contribution in [-0.2, 0) is 16.1 Å². The molecule has 0 spiro atoms. The van der Waals surface area contributed by atoms with Crippen molar-refractivity contribution in [2.75, 3.05) is 13.2 Å². The predicted octanol–water partition coefficient (Wildman–Crippen LogP) is 1.67. The summed E-state index contributed by atoms with van der Waals surface area (Å²) in [5, 5.41) is 0. The lowest BCUT2D eigenvalue weighted by molar-refractivity contribution is 0.0606. The van der Waals surface area contributed by atoms with Crippen molar-refractivity contribution >= 4 is 17.5 Å². The van der Waals surface area contributed by atoms with Gasteiger partial charge in [0.05, 0.1) is 17.0 Å². The molecule has 2 amide bonds. The number of nitrogens with zero attached hydrogens (tertiary/aromatic N) is 1. The van der Waals surface area contributed by atoms with Crippen molar-refractivity contribution < 1.29 is 23.6 Å². The first-order chi connectivity index (χ1) is 15.9. The lowest BCUT2D eigenvalue weighted by atomic mass is 9.94. The van der Waals surface area contributed by atoms with Crippen LogP contribution in [0, 0.1) is 11.7 Å². The number of hydrogen-bond donors (Lipinski definition) is 3. The fourth-order valence-electron chi connectivity index (χ4n) is 4.17. The molecule has 33 heavy (non-hydrogen) atoms. The number of benzene rings is 1. The molecule has 1 aromatic carbocycles. The molecule has 0 atom stereocenters. The molecule has 0 unspecified atom stereocenters. The molecule has 0 saturated carbocycles. The third-order valence-corrected chi connectivity index (χ3v) is 5.70. The van der Waals surface area contributed by atoms with Crippen LogP contribution >= 0.6 is 0 Å². The van der Waals surface area contributed by atoms with Crippen LogP contribution in [0.3, 0.4) is 0 Å². The van der Waals surface area contributed by atoms with Crippen molar-refractivity contribution in [2.45, 2.75) is 19.4 Å². The monoisotopic (exact) mass is 454 g/mol. The molecule has 1 fully saturated rings. The van der Waals surface area contributed by atoms with Crippen LogP contribution < -0.4 is 22.4 Å². The number of allylic oxidation sites excluding steroid dienone is 2. The number of nitrogens with two attached hydrogens (primary N) is 2. The zero-order valence-electron chi connectivity index (χ0n) is 17.7. The third kappa shape index (κ3) is 4.37. The summed E-state index contributed by atoms with van der Waals surface area (Å²) in [4.78, 5) is 44.0. The van der Waals surface area contributed by atoms with Crippen LogP contribution in [0.4, 0.5) is 4.39 Å². The Labute approximate surface area is 188 Å². The van der Waals surface area contributed by atoms with E-state index in [1.807, 2.05) is 0 Å². The lowest BCUT2D eigenvalue weighted by Crippen LogP contribution is -2.37. The summed E-state index contributed by atoms with van der Waals surface area (Å²) < 4.78 is 20.5. The van der Waals surface area contributed by atoms with Gasteiger partial charge in [-0.25, -0.2) is 9.87 Å². The fourth-order valence-corrected chi connectivity index (χ4v) is 4.17. The SMILES string of the molecule is NC(=O)c1c(C2=CC=CON2)n(CC2CCOCC2)c(C(N)=O)c(-c2ccc(F)cc2)c1=O. The number of carbonyl (C=O) groups excluding carboxylic acids is 2. The first kappa shape index (κ1) is 22.3. The van der Waals surface area contributed by atoms with Gasteiger partial charge in [0.25, 0.3) is 11.8 Å². The van der Waals surface area contributed by atoms with Gasteiger partial charge in [-0.3, -0.25) is 14.4 Å². The predicted molar refractivity (Wildman–Crippen MR) is 118 cm³/mol. The van der Waals surface area contributed by atoms with E-state index in [0.717, 1.165) is 12.1 Å². The van der Waals surface area contributed by atoms with Gasteiger partial charge >= 0.3 is 0 Å². The minimum Gasteiger partial charge on any atom is -0.390 e. The fraction of sp³-hybridized carbons (Fsp3) is 0.261. The van der Waals surface area contributed by atoms with E-state index in [9.17, 15) is 18.8 Å². The molecule has 1 aromatic heterocycles. The number of aromatic nitrogens is 1. The van der Waals surface area contributed by atoms with E-state index in [0.29, 0.717) is 26.1 Å². The Morgan fingerprint density at radius 2 is 1.82 bits per heavy atom. The Bertz CT molecular complexity index is 1210. The Kier molecular flexibility index (Phi) is 6.27. The number of ether oxygens (including phenoxy) is 1. The van der Waals surface area contributed by atoms with E-state index in [1.165, 1.54) is 18.4 Å². The van der Waals surface area contributed by atoms with E-state index >= 15 is 0 Å². The van der Waals surface area contributed by atoms with E-state index in [1.54, 1.807) is 16.7 Å². The number of amides is 2. The van der Waals surface area contributed by atoms with Crippen LogP contribution in [0.1, 0.15) is 39.4 Å². The van der Waals surface area contributed by atoms with Crippen LogP contribution in [0.25, 0.3) is 16.8 Å². The van der Waals surface area contributed by atoms with Gasteiger partial charge in [-0.2, -0.15) is 0 Å². The molecule has 5 N–H and O–H groups in total. The van der Waals surface area contributed by atoms with Gasteiger partial charge in [-0.1, -0.05) is 12.1 Å². The molecule has 2 aromatic rings. The summed E-state index contributed by atoms with van der Waals surface area (Å²) in [6.45, 7) is 1.37. The highest BCUT2D eigenvalue weighted by molar-refractivity contribution is 6.04. The maximum Gasteiger partial charge on any atom is 0.266 e.